The molecule has 2 saturated heterocycles. The van der Waals surface area contributed by atoms with E-state index in [9.17, 15) is 13.2 Å². The van der Waals surface area contributed by atoms with Gasteiger partial charge in [-0.15, -0.1) is 0 Å². The summed E-state index contributed by atoms with van der Waals surface area (Å²) in [5.74, 6) is 0.131. The fourth-order valence-corrected chi connectivity index (χ4v) is 5.13. The Morgan fingerprint density at radius 1 is 1.17 bits per heavy atom. The predicted molar refractivity (Wildman–Crippen MR) is 112 cm³/mol. The normalized spacial score (nSPS) is 18.3. The van der Waals surface area contributed by atoms with E-state index < -0.39 is 15.9 Å². The molecule has 0 atom stereocenters. The maximum atomic E-state index is 12.8. The van der Waals surface area contributed by atoms with Crippen LogP contribution in [0.25, 0.3) is 0 Å². The van der Waals surface area contributed by atoms with Gasteiger partial charge in [-0.3, -0.25) is 9.10 Å². The van der Waals surface area contributed by atoms with Crippen LogP contribution in [0.4, 0.5) is 11.4 Å². The summed E-state index contributed by atoms with van der Waals surface area (Å²) < 4.78 is 36.4. The van der Waals surface area contributed by atoms with Crippen LogP contribution in [0.15, 0.2) is 36.4 Å². The van der Waals surface area contributed by atoms with Crippen molar-refractivity contribution in [3.8, 4) is 5.75 Å². The first-order valence-electron chi connectivity index (χ1n) is 8.98. The molecule has 1 amide bonds. The van der Waals surface area contributed by atoms with Gasteiger partial charge < -0.3 is 14.8 Å². The quantitative estimate of drug-likeness (QED) is 0.742. The van der Waals surface area contributed by atoms with E-state index in [4.69, 9.17) is 32.7 Å². The Balaban J connectivity index is 1.56. The van der Waals surface area contributed by atoms with Crippen molar-refractivity contribution in [3.05, 3.63) is 52.0 Å². The minimum atomic E-state index is -3.36. The number of nitrogens with zero attached hydrogens (tertiary/aromatic N) is 1. The van der Waals surface area contributed by atoms with Gasteiger partial charge in [-0.1, -0.05) is 23.2 Å². The number of hydrogen-bond acceptors (Lipinski definition) is 5. The van der Waals surface area contributed by atoms with Crippen LogP contribution in [-0.2, 0) is 14.8 Å². The van der Waals surface area contributed by atoms with Crippen LogP contribution in [0.2, 0.25) is 10.0 Å². The first kappa shape index (κ1) is 20.3. The second kappa shape index (κ2) is 8.02. The highest BCUT2D eigenvalue weighted by molar-refractivity contribution is 7.93. The van der Waals surface area contributed by atoms with Gasteiger partial charge in [0.25, 0.3) is 5.91 Å². The van der Waals surface area contributed by atoms with Crippen LogP contribution in [0.3, 0.4) is 0 Å². The molecule has 2 fully saturated rings. The number of anilines is 2. The van der Waals surface area contributed by atoms with Crippen LogP contribution in [0, 0.1) is 0 Å². The molecule has 0 spiro atoms. The summed E-state index contributed by atoms with van der Waals surface area (Å²) >= 11 is 12.3. The number of amides is 1. The molecule has 1 N–H and O–H groups in total. The van der Waals surface area contributed by atoms with Crippen molar-refractivity contribution >= 4 is 50.5 Å². The summed E-state index contributed by atoms with van der Waals surface area (Å²) in [6.07, 6.45) is 0.509. The molecule has 2 aliphatic heterocycles. The molecule has 0 bridgehead atoms. The lowest BCUT2D eigenvalue weighted by Crippen LogP contribution is -2.38. The van der Waals surface area contributed by atoms with Crippen molar-refractivity contribution in [2.45, 2.75) is 12.5 Å². The average molecular weight is 457 g/mol. The Bertz CT molecular complexity index is 1060. The zero-order chi connectivity index (χ0) is 20.6. The lowest BCUT2D eigenvalue weighted by molar-refractivity contribution is -0.0796. The summed E-state index contributed by atoms with van der Waals surface area (Å²) in [5, 5.41) is 3.36. The molecule has 0 saturated carbocycles. The first-order chi connectivity index (χ1) is 13.8. The number of ether oxygens (including phenoxy) is 2. The minimum Gasteiger partial charge on any atom is -0.485 e. The van der Waals surface area contributed by atoms with Crippen LogP contribution in [-0.4, -0.2) is 45.9 Å². The van der Waals surface area contributed by atoms with Gasteiger partial charge in [0, 0.05) is 23.3 Å². The Kier molecular flexibility index (Phi) is 5.61. The van der Waals surface area contributed by atoms with Gasteiger partial charge >= 0.3 is 0 Å². The summed E-state index contributed by atoms with van der Waals surface area (Å²) in [6.45, 7) is 1.40. The van der Waals surface area contributed by atoms with Gasteiger partial charge in [0.1, 0.15) is 11.9 Å². The molecule has 2 aliphatic rings. The minimum absolute atomic E-state index is 0.0365. The second-order valence-corrected chi connectivity index (χ2v) is 9.67. The number of carbonyl (C=O) groups is 1. The van der Waals surface area contributed by atoms with Crippen LogP contribution < -0.4 is 14.4 Å². The van der Waals surface area contributed by atoms with Crippen molar-refractivity contribution in [1.82, 2.24) is 0 Å². The Morgan fingerprint density at radius 3 is 2.62 bits per heavy atom. The number of halogens is 2. The smallest absolute Gasteiger partial charge is 0.257 e. The van der Waals surface area contributed by atoms with Gasteiger partial charge in [0.05, 0.1) is 35.2 Å². The van der Waals surface area contributed by atoms with E-state index in [1.54, 1.807) is 24.3 Å². The van der Waals surface area contributed by atoms with Gasteiger partial charge in [0.2, 0.25) is 10.0 Å². The largest absolute Gasteiger partial charge is 0.485 e. The van der Waals surface area contributed by atoms with Crippen molar-refractivity contribution in [3.63, 3.8) is 0 Å². The van der Waals surface area contributed by atoms with Crippen molar-refractivity contribution < 1.29 is 22.7 Å². The van der Waals surface area contributed by atoms with Crippen molar-refractivity contribution in [2.24, 2.45) is 0 Å². The summed E-state index contributed by atoms with van der Waals surface area (Å²) in [7, 11) is -3.36. The highest BCUT2D eigenvalue weighted by Gasteiger charge is 2.29. The Labute approximate surface area is 178 Å². The number of rotatable bonds is 5. The van der Waals surface area contributed by atoms with E-state index in [2.05, 4.69) is 5.32 Å². The molecule has 154 valence electrons. The number of sulfonamides is 1. The van der Waals surface area contributed by atoms with Gasteiger partial charge in [0.15, 0.2) is 0 Å². The highest BCUT2D eigenvalue weighted by Crippen LogP contribution is 2.30. The molecular weight excluding hydrogens is 439 g/mol. The van der Waals surface area contributed by atoms with Gasteiger partial charge in [-0.2, -0.15) is 0 Å². The summed E-state index contributed by atoms with van der Waals surface area (Å²) in [4.78, 5) is 12.8. The van der Waals surface area contributed by atoms with E-state index in [1.807, 2.05) is 0 Å². The third-order valence-corrected chi connectivity index (χ3v) is 7.04. The molecular formula is C19H18Cl2N2O5S. The Hall–Kier alpha value is -2.00. The fraction of sp³-hybridized carbons (Fsp3) is 0.316. The summed E-state index contributed by atoms with van der Waals surface area (Å²) in [5.41, 5.74) is 1.02. The summed E-state index contributed by atoms with van der Waals surface area (Å²) in [6, 6.07) is 9.49. The van der Waals surface area contributed by atoms with Crippen LogP contribution >= 0.6 is 23.2 Å². The van der Waals surface area contributed by atoms with Crippen molar-refractivity contribution in [1.29, 1.82) is 0 Å². The predicted octanol–water partition coefficient (Wildman–Crippen LogP) is 3.56. The molecule has 2 aromatic carbocycles. The maximum absolute atomic E-state index is 12.8. The molecule has 2 aromatic rings. The molecule has 7 nitrogen and oxygen atoms in total. The molecule has 10 heteroatoms. The molecule has 0 radical (unpaired) electrons. The van der Waals surface area contributed by atoms with Gasteiger partial charge in [-0.05, 0) is 36.8 Å². The van der Waals surface area contributed by atoms with E-state index in [0.29, 0.717) is 48.3 Å². The van der Waals surface area contributed by atoms with Crippen molar-refractivity contribution in [2.75, 3.05) is 35.1 Å². The molecule has 0 aromatic heterocycles. The van der Waals surface area contributed by atoms with Crippen LogP contribution in [0.5, 0.6) is 5.75 Å². The number of hydrogen-bond donors (Lipinski definition) is 1. The SMILES string of the molecule is O=C(Nc1cc(Cl)cc(OC2COC2)c1)c1cc(N2CCCS2(=O)=O)ccc1Cl. The number of nitrogens with one attached hydrogen (secondary N) is 1. The molecule has 0 aliphatic carbocycles. The third-order valence-electron chi connectivity index (χ3n) is 4.62. The lowest BCUT2D eigenvalue weighted by atomic mass is 10.1. The molecule has 2 heterocycles. The molecule has 0 unspecified atom stereocenters. The van der Waals surface area contributed by atoms with E-state index in [0.717, 1.165) is 0 Å². The zero-order valence-electron chi connectivity index (χ0n) is 15.2. The lowest BCUT2D eigenvalue weighted by Gasteiger charge is -2.27. The highest BCUT2D eigenvalue weighted by atomic mass is 35.5. The van der Waals surface area contributed by atoms with E-state index >= 15 is 0 Å². The Morgan fingerprint density at radius 2 is 1.97 bits per heavy atom. The van der Waals surface area contributed by atoms with Gasteiger partial charge in [-0.25, -0.2) is 8.42 Å². The molecule has 29 heavy (non-hydrogen) atoms. The standard InChI is InChI=1S/C19H18Cl2N2O5S/c20-12-6-13(8-15(7-12)28-16-10-27-11-16)22-19(24)17-9-14(2-3-18(17)21)23-4-1-5-29(23,25)26/h2-3,6-9,16H,1,4-5,10-11H2,(H,22,24). The number of benzene rings is 2. The fourth-order valence-electron chi connectivity index (χ4n) is 3.15. The zero-order valence-corrected chi connectivity index (χ0v) is 17.6. The topological polar surface area (TPSA) is 84.9 Å². The average Bonchev–Trinajstić information content (AvgIpc) is 2.97. The first-order valence-corrected chi connectivity index (χ1v) is 11.3. The maximum Gasteiger partial charge on any atom is 0.257 e. The second-order valence-electron chi connectivity index (χ2n) is 6.81. The third kappa shape index (κ3) is 4.45. The van der Waals surface area contributed by atoms with Crippen LogP contribution in [0.1, 0.15) is 16.8 Å². The molecule has 4 rings (SSSR count). The monoisotopic (exact) mass is 456 g/mol. The van der Waals surface area contributed by atoms with E-state index in [1.165, 1.54) is 16.4 Å². The van der Waals surface area contributed by atoms with E-state index in [-0.39, 0.29) is 22.4 Å². The number of carbonyl (C=O) groups excluding carboxylic acids is 1.